The Balaban J connectivity index is 2.50. The van der Waals surface area contributed by atoms with Gasteiger partial charge < -0.3 is 9.31 Å². The van der Waals surface area contributed by atoms with E-state index < -0.39 is 6.55 Å². The van der Waals surface area contributed by atoms with E-state index in [1.165, 1.54) is 32.1 Å². The van der Waals surface area contributed by atoms with Crippen LogP contribution in [0.5, 0.6) is 0 Å². The van der Waals surface area contributed by atoms with E-state index >= 15 is 0 Å². The maximum absolute atomic E-state index is 6.12. The van der Waals surface area contributed by atoms with Gasteiger partial charge in [0.2, 0.25) is 0 Å². The lowest BCUT2D eigenvalue weighted by atomic mass is 9.53. The average molecular weight is 253 g/mol. The van der Waals surface area contributed by atoms with E-state index in [0.717, 1.165) is 12.7 Å². The van der Waals surface area contributed by atoms with Crippen LogP contribution in [-0.2, 0) is 9.31 Å². The largest absolute Gasteiger partial charge is 0.561 e. The molecule has 3 heteroatoms. The molecule has 0 aliphatic carbocycles. The Labute approximate surface area is 113 Å². The molecule has 1 rings (SSSR count). The van der Waals surface area contributed by atoms with E-state index in [-0.39, 0.29) is 12.2 Å². The molecule has 2 unspecified atom stereocenters. The fraction of sp³-hybridized carbons (Fsp3) is 0.867. The molecule has 1 saturated heterocycles. The summed E-state index contributed by atoms with van der Waals surface area (Å²) in [5, 5.41) is 0. The molecule has 1 aliphatic heterocycles. The third-order valence-corrected chi connectivity index (χ3v) is 3.91. The number of hydrogen-bond acceptors (Lipinski definition) is 2. The van der Waals surface area contributed by atoms with Crippen LogP contribution in [-0.4, -0.2) is 18.8 Å². The molecule has 1 heterocycles. The van der Waals surface area contributed by atoms with Crippen LogP contribution in [0.4, 0.5) is 0 Å². The summed E-state index contributed by atoms with van der Waals surface area (Å²) in [5.41, 5.74) is 0. The van der Waals surface area contributed by atoms with E-state index in [2.05, 4.69) is 39.7 Å². The fourth-order valence-electron chi connectivity index (χ4n) is 2.61. The maximum Gasteiger partial charge on any atom is 0.262 e. The molecule has 0 N–H and O–H groups in total. The lowest BCUT2D eigenvalue weighted by Gasteiger charge is -2.32. The van der Waals surface area contributed by atoms with Crippen LogP contribution in [0.25, 0.3) is 0 Å². The van der Waals surface area contributed by atoms with Crippen molar-refractivity contribution in [3.8, 4) is 0 Å². The SMILES string of the molecule is CCCCC/C=C\[B-]1(CCCC)OC(C)C(C)O1. The van der Waals surface area contributed by atoms with Crippen LogP contribution in [0, 0.1) is 0 Å². The molecule has 18 heavy (non-hydrogen) atoms. The molecule has 0 bridgehead atoms. The quantitative estimate of drug-likeness (QED) is 0.460. The summed E-state index contributed by atoms with van der Waals surface area (Å²) in [5.74, 6) is 2.23. The lowest BCUT2D eigenvalue weighted by Crippen LogP contribution is -2.35. The molecule has 0 saturated carbocycles. The molecular weight excluding hydrogens is 223 g/mol. The number of rotatable bonds is 8. The van der Waals surface area contributed by atoms with Gasteiger partial charge in [0.1, 0.15) is 0 Å². The molecule has 2 atom stereocenters. The summed E-state index contributed by atoms with van der Waals surface area (Å²) in [6.45, 7) is 7.54. The molecule has 0 aromatic heterocycles. The summed E-state index contributed by atoms with van der Waals surface area (Å²) in [7, 11) is 0. The molecule has 0 spiro atoms. The van der Waals surface area contributed by atoms with Crippen LogP contribution < -0.4 is 0 Å². The molecule has 1 aliphatic rings. The standard InChI is InChI=1S/C15H30BO2/c1-5-7-9-10-11-13-16(12-8-6-2)17-14(3)15(4)18-16/h11,13-15H,5-10,12H2,1-4H3/q-1/b13-11-. The number of hydrogen-bond donors (Lipinski definition) is 0. The van der Waals surface area contributed by atoms with Gasteiger partial charge in [0, 0.05) is 12.2 Å². The number of unbranched alkanes of at least 4 members (excludes halogenated alkanes) is 4. The van der Waals surface area contributed by atoms with Gasteiger partial charge in [0.25, 0.3) is 6.55 Å². The first-order chi connectivity index (χ1) is 8.63. The summed E-state index contributed by atoms with van der Waals surface area (Å²) in [4.78, 5) is 0. The van der Waals surface area contributed by atoms with Gasteiger partial charge in [0.05, 0.1) is 0 Å². The fourth-order valence-corrected chi connectivity index (χ4v) is 2.61. The first-order valence-corrected chi connectivity index (χ1v) is 7.83. The summed E-state index contributed by atoms with van der Waals surface area (Å²) in [6.07, 6.45) is 11.2. The molecule has 1 fully saturated rings. The van der Waals surface area contributed by atoms with E-state index in [0.29, 0.717) is 0 Å². The summed E-state index contributed by atoms with van der Waals surface area (Å²) in [6, 6.07) is 0. The highest BCUT2D eigenvalue weighted by Gasteiger charge is 2.35. The first kappa shape index (κ1) is 15.8. The molecule has 2 nitrogen and oxygen atoms in total. The number of allylic oxidation sites excluding steroid dienone is 1. The zero-order chi connectivity index (χ0) is 13.4. The molecule has 106 valence electrons. The smallest absolute Gasteiger partial charge is 0.262 e. The Morgan fingerprint density at radius 2 is 1.56 bits per heavy atom. The van der Waals surface area contributed by atoms with Crippen molar-refractivity contribution in [2.45, 2.75) is 84.7 Å². The van der Waals surface area contributed by atoms with Gasteiger partial charge in [-0.1, -0.05) is 39.5 Å². The zero-order valence-corrected chi connectivity index (χ0v) is 12.7. The topological polar surface area (TPSA) is 18.5 Å². The van der Waals surface area contributed by atoms with Crippen LogP contribution in [0.2, 0.25) is 6.32 Å². The summed E-state index contributed by atoms with van der Waals surface area (Å²) < 4.78 is 12.2. The minimum absolute atomic E-state index is 0.224. The van der Waals surface area contributed by atoms with Crippen molar-refractivity contribution in [1.29, 1.82) is 0 Å². The van der Waals surface area contributed by atoms with Crippen molar-refractivity contribution >= 4 is 6.55 Å². The van der Waals surface area contributed by atoms with Gasteiger partial charge in [-0.2, -0.15) is 5.98 Å². The van der Waals surface area contributed by atoms with Crippen molar-refractivity contribution < 1.29 is 9.31 Å². The van der Waals surface area contributed by atoms with Gasteiger partial charge in [-0.3, -0.25) is 0 Å². The Kier molecular flexibility index (Phi) is 7.02. The predicted molar refractivity (Wildman–Crippen MR) is 79.8 cm³/mol. The second-order valence-corrected chi connectivity index (χ2v) is 5.69. The highest BCUT2D eigenvalue weighted by molar-refractivity contribution is 6.73. The van der Waals surface area contributed by atoms with Crippen LogP contribution in [0.1, 0.15) is 66.2 Å². The van der Waals surface area contributed by atoms with Gasteiger partial charge in [-0.05, 0) is 26.7 Å². The van der Waals surface area contributed by atoms with Gasteiger partial charge in [-0.25, -0.2) is 0 Å². The van der Waals surface area contributed by atoms with Crippen molar-refractivity contribution in [2.75, 3.05) is 0 Å². The molecule has 0 amide bonds. The summed E-state index contributed by atoms with van der Waals surface area (Å²) >= 11 is 0. The van der Waals surface area contributed by atoms with Crippen LogP contribution in [0.15, 0.2) is 12.1 Å². The molecule has 0 aromatic carbocycles. The Bertz CT molecular complexity index is 243. The van der Waals surface area contributed by atoms with Crippen LogP contribution >= 0.6 is 0 Å². The highest BCUT2D eigenvalue weighted by Crippen LogP contribution is 2.31. The minimum Gasteiger partial charge on any atom is -0.561 e. The van der Waals surface area contributed by atoms with Crippen molar-refractivity contribution in [3.05, 3.63) is 12.1 Å². The first-order valence-electron chi connectivity index (χ1n) is 7.83. The van der Waals surface area contributed by atoms with Gasteiger partial charge >= 0.3 is 0 Å². The third kappa shape index (κ3) is 4.77. The minimum atomic E-state index is -1.15. The van der Waals surface area contributed by atoms with E-state index in [4.69, 9.17) is 9.31 Å². The highest BCUT2D eigenvalue weighted by atomic mass is 16.7. The van der Waals surface area contributed by atoms with Gasteiger partial charge in [0.15, 0.2) is 0 Å². The normalized spacial score (nSPS) is 32.4. The lowest BCUT2D eigenvalue weighted by molar-refractivity contribution is 0.187. The average Bonchev–Trinajstić information content (AvgIpc) is 2.63. The molecule has 0 aromatic rings. The van der Waals surface area contributed by atoms with E-state index in [9.17, 15) is 0 Å². The Morgan fingerprint density at radius 3 is 2.11 bits per heavy atom. The molecular formula is C15H30BO2-. The predicted octanol–water partition coefficient (Wildman–Crippen LogP) is 4.73. The van der Waals surface area contributed by atoms with E-state index in [1.807, 2.05) is 0 Å². The van der Waals surface area contributed by atoms with Crippen molar-refractivity contribution in [3.63, 3.8) is 0 Å². The monoisotopic (exact) mass is 253 g/mol. The second-order valence-electron chi connectivity index (χ2n) is 5.69. The Morgan fingerprint density at radius 1 is 0.944 bits per heavy atom. The van der Waals surface area contributed by atoms with Gasteiger partial charge in [-0.15, -0.1) is 12.4 Å². The second kappa shape index (κ2) is 8.01. The van der Waals surface area contributed by atoms with E-state index in [1.54, 1.807) is 0 Å². The van der Waals surface area contributed by atoms with Crippen molar-refractivity contribution in [1.82, 2.24) is 0 Å². The van der Waals surface area contributed by atoms with Crippen LogP contribution in [0.3, 0.4) is 0 Å². The molecule has 0 radical (unpaired) electrons. The maximum atomic E-state index is 6.12. The van der Waals surface area contributed by atoms with Crippen molar-refractivity contribution in [2.24, 2.45) is 0 Å². The zero-order valence-electron chi connectivity index (χ0n) is 12.7. The third-order valence-electron chi connectivity index (χ3n) is 3.91. The Hall–Kier alpha value is -0.275.